The Labute approximate surface area is 83.7 Å². The minimum atomic E-state index is 0.355. The lowest BCUT2D eigenvalue weighted by atomic mass is 9.91. The Kier molecular flexibility index (Phi) is 2.33. The summed E-state index contributed by atoms with van der Waals surface area (Å²) in [5.74, 6) is 1.55. The zero-order chi connectivity index (χ0) is 10.1. The maximum absolute atomic E-state index is 9.83. The largest absolute Gasteiger partial charge is 0.508 e. The molecule has 1 aromatic carbocycles. The van der Waals surface area contributed by atoms with Crippen LogP contribution in [0.2, 0.25) is 0 Å². The van der Waals surface area contributed by atoms with E-state index in [4.69, 9.17) is 4.74 Å². The highest BCUT2D eigenvalue weighted by molar-refractivity contribution is 5.50. The number of aryl methyl sites for hydroxylation is 1. The van der Waals surface area contributed by atoms with Crippen molar-refractivity contribution in [3.63, 3.8) is 0 Å². The smallest absolute Gasteiger partial charge is 0.126 e. The van der Waals surface area contributed by atoms with Crippen molar-refractivity contribution in [2.24, 2.45) is 0 Å². The molecule has 2 N–H and O–H groups in total. The molecule has 1 aromatic rings. The highest BCUT2D eigenvalue weighted by atomic mass is 16.5. The molecule has 0 amide bonds. The summed E-state index contributed by atoms with van der Waals surface area (Å²) in [7, 11) is 1.64. The fourth-order valence-corrected chi connectivity index (χ4v) is 1.82. The van der Waals surface area contributed by atoms with Crippen molar-refractivity contribution in [1.29, 1.82) is 0 Å². The molecule has 0 aliphatic carbocycles. The molecular formula is C11H15NO2. The van der Waals surface area contributed by atoms with Gasteiger partial charge in [-0.3, -0.25) is 0 Å². The molecule has 0 atom stereocenters. The van der Waals surface area contributed by atoms with Gasteiger partial charge >= 0.3 is 0 Å². The van der Waals surface area contributed by atoms with Crippen LogP contribution in [0.25, 0.3) is 0 Å². The van der Waals surface area contributed by atoms with Crippen LogP contribution in [0, 0.1) is 6.92 Å². The Balaban J connectivity index is 2.44. The highest BCUT2D eigenvalue weighted by Gasteiger charge is 2.25. The van der Waals surface area contributed by atoms with E-state index >= 15 is 0 Å². The molecule has 1 fully saturated rings. The summed E-state index contributed by atoms with van der Waals surface area (Å²) in [6, 6.07) is 3.75. The van der Waals surface area contributed by atoms with Gasteiger partial charge in [-0.15, -0.1) is 0 Å². The average molecular weight is 193 g/mol. The van der Waals surface area contributed by atoms with Gasteiger partial charge < -0.3 is 15.2 Å². The fraction of sp³-hybridized carbons (Fsp3) is 0.455. The van der Waals surface area contributed by atoms with Gasteiger partial charge in [-0.05, 0) is 24.6 Å². The monoisotopic (exact) mass is 193 g/mol. The number of benzene rings is 1. The number of phenolic OH excluding ortho intramolecular Hbond substituents is 1. The van der Waals surface area contributed by atoms with E-state index in [1.807, 2.05) is 13.0 Å². The standard InChI is InChI=1S/C11H15NO2/c1-7-3-9(13)11(8-5-12-6-8)10(4-7)14-2/h3-4,8,12-13H,5-6H2,1-2H3. The molecule has 0 unspecified atom stereocenters. The zero-order valence-electron chi connectivity index (χ0n) is 8.50. The second kappa shape index (κ2) is 3.50. The van der Waals surface area contributed by atoms with E-state index < -0.39 is 0 Å². The minimum Gasteiger partial charge on any atom is -0.508 e. The van der Waals surface area contributed by atoms with Crippen LogP contribution in [0.15, 0.2) is 12.1 Å². The van der Waals surface area contributed by atoms with Gasteiger partial charge in [0.05, 0.1) is 7.11 Å². The summed E-state index contributed by atoms with van der Waals surface area (Å²) in [5.41, 5.74) is 1.97. The van der Waals surface area contributed by atoms with E-state index in [9.17, 15) is 5.11 Å². The zero-order valence-corrected chi connectivity index (χ0v) is 8.50. The average Bonchev–Trinajstić information content (AvgIpc) is 2.05. The van der Waals surface area contributed by atoms with Crippen LogP contribution in [-0.2, 0) is 0 Å². The molecule has 2 rings (SSSR count). The Morgan fingerprint density at radius 3 is 2.64 bits per heavy atom. The first-order valence-electron chi connectivity index (χ1n) is 4.80. The van der Waals surface area contributed by atoms with Crippen LogP contribution in [0.4, 0.5) is 0 Å². The van der Waals surface area contributed by atoms with Gasteiger partial charge in [0.25, 0.3) is 0 Å². The molecule has 0 radical (unpaired) electrons. The third-order valence-electron chi connectivity index (χ3n) is 2.67. The van der Waals surface area contributed by atoms with Gasteiger partial charge in [0.2, 0.25) is 0 Å². The van der Waals surface area contributed by atoms with Gasteiger partial charge in [-0.25, -0.2) is 0 Å². The third-order valence-corrected chi connectivity index (χ3v) is 2.67. The van der Waals surface area contributed by atoms with E-state index in [-0.39, 0.29) is 0 Å². The van der Waals surface area contributed by atoms with Crippen LogP contribution < -0.4 is 10.1 Å². The molecule has 14 heavy (non-hydrogen) atoms. The molecule has 3 nitrogen and oxygen atoms in total. The molecule has 1 heterocycles. The first kappa shape index (κ1) is 9.34. The number of methoxy groups -OCH3 is 1. The van der Waals surface area contributed by atoms with Gasteiger partial charge in [-0.2, -0.15) is 0 Å². The molecule has 0 bridgehead atoms. The lowest BCUT2D eigenvalue weighted by Gasteiger charge is -2.29. The molecule has 1 saturated heterocycles. The highest BCUT2D eigenvalue weighted by Crippen LogP contribution is 2.37. The number of nitrogens with one attached hydrogen (secondary N) is 1. The topological polar surface area (TPSA) is 41.5 Å². The van der Waals surface area contributed by atoms with Crippen molar-refractivity contribution >= 4 is 0 Å². The van der Waals surface area contributed by atoms with Gasteiger partial charge in [0, 0.05) is 24.6 Å². The van der Waals surface area contributed by atoms with Crippen molar-refractivity contribution in [2.75, 3.05) is 20.2 Å². The SMILES string of the molecule is COc1cc(C)cc(O)c1C1CNC1. The molecular weight excluding hydrogens is 178 g/mol. The lowest BCUT2D eigenvalue weighted by Crippen LogP contribution is -2.40. The minimum absolute atomic E-state index is 0.355. The van der Waals surface area contributed by atoms with E-state index in [1.165, 1.54) is 0 Å². The summed E-state index contributed by atoms with van der Waals surface area (Å²) >= 11 is 0. The normalized spacial score (nSPS) is 16.4. The number of hydrogen-bond donors (Lipinski definition) is 2. The number of rotatable bonds is 2. The number of phenols is 1. The first-order chi connectivity index (χ1) is 6.72. The first-order valence-corrected chi connectivity index (χ1v) is 4.80. The summed E-state index contributed by atoms with van der Waals surface area (Å²) in [5, 5.41) is 13.0. The number of hydrogen-bond acceptors (Lipinski definition) is 3. The van der Waals surface area contributed by atoms with E-state index in [1.54, 1.807) is 13.2 Å². The van der Waals surface area contributed by atoms with Crippen molar-refractivity contribution in [3.8, 4) is 11.5 Å². The van der Waals surface area contributed by atoms with Gasteiger partial charge in [0.15, 0.2) is 0 Å². The molecule has 3 heteroatoms. The maximum Gasteiger partial charge on any atom is 0.126 e. The van der Waals surface area contributed by atoms with Crippen LogP contribution in [0.3, 0.4) is 0 Å². The lowest BCUT2D eigenvalue weighted by molar-refractivity contribution is 0.368. The Morgan fingerprint density at radius 2 is 2.14 bits per heavy atom. The van der Waals surface area contributed by atoms with Gasteiger partial charge in [0.1, 0.15) is 11.5 Å². The summed E-state index contributed by atoms with van der Waals surface area (Å²) in [4.78, 5) is 0. The Morgan fingerprint density at radius 1 is 1.43 bits per heavy atom. The molecule has 76 valence electrons. The van der Waals surface area contributed by atoms with E-state index in [0.717, 1.165) is 30.0 Å². The summed E-state index contributed by atoms with van der Waals surface area (Å²) in [6.45, 7) is 3.80. The van der Waals surface area contributed by atoms with Crippen LogP contribution in [-0.4, -0.2) is 25.3 Å². The van der Waals surface area contributed by atoms with Crippen LogP contribution in [0.1, 0.15) is 17.0 Å². The number of aromatic hydroxyl groups is 1. The molecule has 0 aromatic heterocycles. The van der Waals surface area contributed by atoms with Crippen molar-refractivity contribution < 1.29 is 9.84 Å². The van der Waals surface area contributed by atoms with E-state index in [0.29, 0.717) is 11.7 Å². The fourth-order valence-electron chi connectivity index (χ4n) is 1.82. The Hall–Kier alpha value is -1.22. The van der Waals surface area contributed by atoms with Crippen molar-refractivity contribution in [1.82, 2.24) is 5.32 Å². The quantitative estimate of drug-likeness (QED) is 0.746. The maximum atomic E-state index is 9.83. The molecule has 1 aliphatic rings. The Bertz CT molecular complexity index is 345. The van der Waals surface area contributed by atoms with Crippen molar-refractivity contribution in [3.05, 3.63) is 23.3 Å². The molecule has 1 aliphatic heterocycles. The second-order valence-corrected chi connectivity index (χ2v) is 3.76. The molecule has 0 saturated carbocycles. The van der Waals surface area contributed by atoms with Crippen molar-refractivity contribution in [2.45, 2.75) is 12.8 Å². The van der Waals surface area contributed by atoms with Gasteiger partial charge in [-0.1, -0.05) is 0 Å². The predicted octanol–water partition coefficient (Wildman–Crippen LogP) is 1.40. The summed E-state index contributed by atoms with van der Waals surface area (Å²) in [6.07, 6.45) is 0. The van der Waals surface area contributed by atoms with Crippen LogP contribution >= 0.6 is 0 Å². The van der Waals surface area contributed by atoms with Crippen LogP contribution in [0.5, 0.6) is 11.5 Å². The second-order valence-electron chi connectivity index (χ2n) is 3.76. The number of ether oxygens (including phenoxy) is 1. The molecule has 0 spiro atoms. The van der Waals surface area contributed by atoms with E-state index in [2.05, 4.69) is 5.32 Å². The predicted molar refractivity (Wildman–Crippen MR) is 55.0 cm³/mol. The summed E-state index contributed by atoms with van der Waals surface area (Å²) < 4.78 is 5.28. The third kappa shape index (κ3) is 1.44.